The van der Waals surface area contributed by atoms with Crippen LogP contribution >= 0.6 is 11.6 Å². The van der Waals surface area contributed by atoms with Gasteiger partial charge in [-0.25, -0.2) is 8.42 Å². The molecule has 0 unspecified atom stereocenters. The van der Waals surface area contributed by atoms with Crippen molar-refractivity contribution in [3.63, 3.8) is 0 Å². The number of rotatable bonds is 4. The lowest BCUT2D eigenvalue weighted by Crippen LogP contribution is -1.98. The van der Waals surface area contributed by atoms with Crippen molar-refractivity contribution < 1.29 is 8.42 Å². The van der Waals surface area contributed by atoms with Crippen LogP contribution in [-0.2, 0) is 16.3 Å². The molecule has 0 saturated carbocycles. The fourth-order valence-electron chi connectivity index (χ4n) is 2.56. The van der Waals surface area contributed by atoms with E-state index >= 15 is 0 Å². The molecule has 128 valence electrons. The Morgan fingerprint density at radius 3 is 2.44 bits per heavy atom. The number of aromatic nitrogens is 2. The summed E-state index contributed by atoms with van der Waals surface area (Å²) in [4.78, 5) is 9.13. The van der Waals surface area contributed by atoms with Gasteiger partial charge in [-0.15, -0.1) is 0 Å². The number of pyridine rings is 2. The zero-order valence-corrected chi connectivity index (χ0v) is 15.5. The number of sulfone groups is 1. The Balaban J connectivity index is 2.17. The Hall–Kier alpha value is -2.24. The predicted octanol–water partition coefficient (Wildman–Crippen LogP) is 4.43. The van der Waals surface area contributed by atoms with Gasteiger partial charge in [-0.1, -0.05) is 30.7 Å². The molecule has 2 heterocycles. The van der Waals surface area contributed by atoms with Crippen LogP contribution in [0.2, 0.25) is 5.02 Å². The van der Waals surface area contributed by atoms with Gasteiger partial charge >= 0.3 is 0 Å². The predicted molar refractivity (Wildman–Crippen MR) is 100 cm³/mol. The van der Waals surface area contributed by atoms with E-state index in [-0.39, 0.29) is 4.90 Å². The standard InChI is InChI=1S/C19H17ClN2O2S/c1-3-16-8-7-14(11-21-16)19-18(10-15(20)12-22-19)13-5-4-6-17(9-13)25(2,23)24/h4-12H,3H2,1-2H3. The van der Waals surface area contributed by atoms with E-state index in [9.17, 15) is 8.42 Å². The summed E-state index contributed by atoms with van der Waals surface area (Å²) in [5, 5.41) is 0.488. The van der Waals surface area contributed by atoms with Crippen LogP contribution in [0.15, 0.2) is 59.8 Å². The third-order valence-corrected chi connectivity index (χ3v) is 5.20. The van der Waals surface area contributed by atoms with Crippen molar-refractivity contribution in [1.82, 2.24) is 9.97 Å². The van der Waals surface area contributed by atoms with E-state index in [0.29, 0.717) is 10.7 Å². The lowest BCUT2D eigenvalue weighted by molar-refractivity contribution is 0.602. The van der Waals surface area contributed by atoms with Crippen molar-refractivity contribution in [3.8, 4) is 22.4 Å². The van der Waals surface area contributed by atoms with Gasteiger partial charge in [-0.2, -0.15) is 0 Å². The first kappa shape index (κ1) is 17.6. The summed E-state index contributed by atoms with van der Waals surface area (Å²) in [5.41, 5.74) is 4.08. The zero-order valence-electron chi connectivity index (χ0n) is 13.9. The van der Waals surface area contributed by atoms with Crippen LogP contribution in [0, 0.1) is 0 Å². The number of halogens is 1. The Kier molecular flexibility index (Phi) is 4.88. The first-order valence-electron chi connectivity index (χ1n) is 7.80. The van der Waals surface area contributed by atoms with Crippen LogP contribution in [0.5, 0.6) is 0 Å². The summed E-state index contributed by atoms with van der Waals surface area (Å²) >= 11 is 6.14. The molecule has 0 aliphatic heterocycles. The largest absolute Gasteiger partial charge is 0.261 e. The van der Waals surface area contributed by atoms with Gasteiger partial charge in [0.2, 0.25) is 0 Å². The molecule has 0 spiro atoms. The fraction of sp³-hybridized carbons (Fsp3) is 0.158. The van der Waals surface area contributed by atoms with E-state index < -0.39 is 9.84 Å². The summed E-state index contributed by atoms with van der Waals surface area (Å²) in [6.07, 6.45) is 5.40. The van der Waals surface area contributed by atoms with Crippen molar-refractivity contribution in [3.05, 3.63) is 65.6 Å². The van der Waals surface area contributed by atoms with Crippen LogP contribution in [-0.4, -0.2) is 24.6 Å². The van der Waals surface area contributed by atoms with Gasteiger partial charge in [-0.05, 0) is 42.3 Å². The van der Waals surface area contributed by atoms with E-state index in [2.05, 4.69) is 9.97 Å². The number of hydrogen-bond donors (Lipinski definition) is 0. The number of hydrogen-bond acceptors (Lipinski definition) is 4. The van der Waals surface area contributed by atoms with Gasteiger partial charge < -0.3 is 0 Å². The van der Waals surface area contributed by atoms with Crippen LogP contribution < -0.4 is 0 Å². The third-order valence-electron chi connectivity index (χ3n) is 3.89. The maximum absolute atomic E-state index is 11.9. The van der Waals surface area contributed by atoms with E-state index in [0.717, 1.165) is 28.8 Å². The van der Waals surface area contributed by atoms with Gasteiger partial charge in [-0.3, -0.25) is 9.97 Å². The molecule has 0 aliphatic carbocycles. The van der Waals surface area contributed by atoms with Gasteiger partial charge in [0.05, 0.1) is 15.6 Å². The van der Waals surface area contributed by atoms with Crippen molar-refractivity contribution in [2.24, 2.45) is 0 Å². The number of benzene rings is 1. The third kappa shape index (κ3) is 3.89. The summed E-state index contributed by atoms with van der Waals surface area (Å²) in [6, 6.07) is 12.5. The molecule has 0 amide bonds. The fourth-order valence-corrected chi connectivity index (χ4v) is 3.38. The Morgan fingerprint density at radius 2 is 1.80 bits per heavy atom. The molecule has 25 heavy (non-hydrogen) atoms. The van der Waals surface area contributed by atoms with Crippen LogP contribution in [0.4, 0.5) is 0 Å². The summed E-state index contributed by atoms with van der Waals surface area (Å²) in [6.45, 7) is 2.05. The smallest absolute Gasteiger partial charge is 0.175 e. The minimum atomic E-state index is -3.30. The first-order chi connectivity index (χ1) is 11.9. The van der Waals surface area contributed by atoms with E-state index in [1.54, 1.807) is 36.7 Å². The molecule has 0 atom stereocenters. The van der Waals surface area contributed by atoms with E-state index in [1.807, 2.05) is 25.1 Å². The molecule has 6 heteroatoms. The van der Waals surface area contributed by atoms with E-state index in [4.69, 9.17) is 11.6 Å². The molecule has 0 N–H and O–H groups in total. The molecule has 3 rings (SSSR count). The Bertz CT molecular complexity index is 1020. The monoisotopic (exact) mass is 372 g/mol. The van der Waals surface area contributed by atoms with Crippen LogP contribution in [0.1, 0.15) is 12.6 Å². The van der Waals surface area contributed by atoms with Gasteiger partial charge in [0.1, 0.15) is 0 Å². The molecule has 0 radical (unpaired) electrons. The molecule has 2 aromatic heterocycles. The van der Waals surface area contributed by atoms with Gasteiger partial charge in [0.15, 0.2) is 9.84 Å². The van der Waals surface area contributed by atoms with Crippen LogP contribution in [0.3, 0.4) is 0 Å². The second-order valence-corrected chi connectivity index (χ2v) is 8.19. The van der Waals surface area contributed by atoms with Gasteiger partial charge in [0.25, 0.3) is 0 Å². The van der Waals surface area contributed by atoms with Crippen molar-refractivity contribution in [2.45, 2.75) is 18.2 Å². The van der Waals surface area contributed by atoms with E-state index in [1.165, 1.54) is 6.26 Å². The summed E-state index contributed by atoms with van der Waals surface area (Å²) in [7, 11) is -3.30. The molecule has 0 aliphatic rings. The highest BCUT2D eigenvalue weighted by atomic mass is 35.5. The molecule has 3 aromatic rings. The van der Waals surface area contributed by atoms with Gasteiger partial charge in [0, 0.05) is 35.5 Å². The average molecular weight is 373 g/mol. The minimum absolute atomic E-state index is 0.260. The summed E-state index contributed by atoms with van der Waals surface area (Å²) in [5.74, 6) is 0. The number of nitrogens with zero attached hydrogens (tertiary/aromatic N) is 2. The normalized spacial score (nSPS) is 11.5. The zero-order chi connectivity index (χ0) is 18.0. The average Bonchev–Trinajstić information content (AvgIpc) is 2.61. The molecule has 4 nitrogen and oxygen atoms in total. The van der Waals surface area contributed by atoms with Crippen molar-refractivity contribution in [2.75, 3.05) is 6.26 Å². The highest BCUT2D eigenvalue weighted by Gasteiger charge is 2.13. The van der Waals surface area contributed by atoms with Crippen LogP contribution in [0.25, 0.3) is 22.4 Å². The topological polar surface area (TPSA) is 59.9 Å². The molecular weight excluding hydrogens is 356 g/mol. The molecular formula is C19H17ClN2O2S. The molecule has 0 fully saturated rings. The first-order valence-corrected chi connectivity index (χ1v) is 10.1. The highest BCUT2D eigenvalue weighted by molar-refractivity contribution is 7.90. The summed E-state index contributed by atoms with van der Waals surface area (Å²) < 4.78 is 23.7. The highest BCUT2D eigenvalue weighted by Crippen LogP contribution is 2.33. The molecule has 1 aromatic carbocycles. The van der Waals surface area contributed by atoms with Crippen molar-refractivity contribution >= 4 is 21.4 Å². The second kappa shape index (κ2) is 6.94. The number of aryl methyl sites for hydroxylation is 1. The minimum Gasteiger partial charge on any atom is -0.261 e. The Labute approximate surface area is 152 Å². The second-order valence-electron chi connectivity index (χ2n) is 5.74. The SMILES string of the molecule is CCc1ccc(-c2ncc(Cl)cc2-c2cccc(S(C)(=O)=O)c2)cn1. The molecule has 0 saturated heterocycles. The lowest BCUT2D eigenvalue weighted by Gasteiger charge is -2.11. The molecule has 0 bridgehead atoms. The maximum atomic E-state index is 11.9. The lowest BCUT2D eigenvalue weighted by atomic mass is 10.00. The quantitative estimate of drug-likeness (QED) is 0.679. The Morgan fingerprint density at radius 1 is 1.00 bits per heavy atom. The van der Waals surface area contributed by atoms with Crippen molar-refractivity contribution in [1.29, 1.82) is 0 Å². The maximum Gasteiger partial charge on any atom is 0.175 e.